The first kappa shape index (κ1) is 21.9. The van der Waals surface area contributed by atoms with Gasteiger partial charge in [0.15, 0.2) is 0 Å². The van der Waals surface area contributed by atoms with Crippen molar-refractivity contribution in [2.24, 2.45) is 12.8 Å². The van der Waals surface area contributed by atoms with Crippen LogP contribution in [0.15, 0.2) is 77.9 Å². The highest BCUT2D eigenvalue weighted by Gasteiger charge is 2.31. The Morgan fingerprint density at radius 1 is 1.00 bits per heavy atom. The molecule has 3 aromatic carbocycles. The van der Waals surface area contributed by atoms with Crippen molar-refractivity contribution in [3.63, 3.8) is 0 Å². The van der Waals surface area contributed by atoms with Crippen LogP contribution in [0.4, 0.5) is 29.3 Å². The van der Waals surface area contributed by atoms with Gasteiger partial charge in [0.2, 0.25) is 0 Å². The second-order valence-electron chi connectivity index (χ2n) is 7.16. The van der Waals surface area contributed by atoms with E-state index in [0.29, 0.717) is 22.4 Å². The first-order valence-electron chi connectivity index (χ1n) is 9.63. The number of anilines is 2. The van der Waals surface area contributed by atoms with Gasteiger partial charge >= 0.3 is 12.2 Å². The van der Waals surface area contributed by atoms with Crippen molar-refractivity contribution in [1.82, 2.24) is 9.55 Å². The van der Waals surface area contributed by atoms with Gasteiger partial charge in [-0.2, -0.15) is 13.2 Å². The van der Waals surface area contributed by atoms with Crippen LogP contribution in [0, 0.1) is 0 Å². The molecule has 4 aromatic rings. The molecule has 0 aliphatic carbocycles. The summed E-state index contributed by atoms with van der Waals surface area (Å²) in [5.74, 6) is 0.775. The quantitative estimate of drug-likeness (QED) is 0.472. The summed E-state index contributed by atoms with van der Waals surface area (Å²) in [5.41, 5.74) is 5.07. The Balaban J connectivity index is 1.62. The fourth-order valence-corrected chi connectivity index (χ4v) is 3.28. The summed E-state index contributed by atoms with van der Waals surface area (Å²) in [5, 5.41) is 0.388. The number of fused-ring (bicyclic) bond motifs is 1. The number of nitrogens with two attached hydrogens (primary N) is 1. The second-order valence-corrected chi connectivity index (χ2v) is 7.16. The molecule has 0 spiro atoms. The average molecular weight is 454 g/mol. The summed E-state index contributed by atoms with van der Waals surface area (Å²) in [6.07, 6.45) is -3.13. The fraction of sp³-hybridized carbons (Fsp3) is 0.0870. The van der Waals surface area contributed by atoms with E-state index < -0.39 is 17.8 Å². The number of carbonyl (C=O) groups is 1. The fourth-order valence-electron chi connectivity index (χ4n) is 3.28. The van der Waals surface area contributed by atoms with Gasteiger partial charge in [-0.15, -0.1) is 0 Å². The molecular formula is C23H17F3N4O3. The molecule has 0 saturated heterocycles. The van der Waals surface area contributed by atoms with Crippen LogP contribution in [0.3, 0.4) is 0 Å². The number of hydrogen-bond donors (Lipinski definition) is 1. The molecule has 10 heteroatoms. The molecule has 0 bridgehead atoms. The van der Waals surface area contributed by atoms with Crippen molar-refractivity contribution < 1.29 is 22.7 Å². The molecule has 0 fully saturated rings. The number of nitrogens with zero attached hydrogens (tertiary/aromatic N) is 3. The Morgan fingerprint density at radius 3 is 2.36 bits per heavy atom. The molecule has 2 amide bonds. The van der Waals surface area contributed by atoms with Crippen LogP contribution in [0.5, 0.6) is 11.5 Å². The van der Waals surface area contributed by atoms with Gasteiger partial charge in [-0.1, -0.05) is 6.07 Å². The molecule has 0 unspecified atom stereocenters. The maximum absolute atomic E-state index is 13.1. The van der Waals surface area contributed by atoms with Gasteiger partial charge in [-0.3, -0.25) is 9.69 Å². The predicted octanol–water partition coefficient (Wildman–Crippen LogP) is 4.96. The molecular weight excluding hydrogens is 437 g/mol. The van der Waals surface area contributed by atoms with Crippen LogP contribution >= 0.6 is 0 Å². The number of hydrogen-bond acceptors (Lipinski definition) is 4. The van der Waals surface area contributed by atoms with Crippen LogP contribution in [-0.4, -0.2) is 15.6 Å². The lowest BCUT2D eigenvalue weighted by atomic mass is 10.1. The first-order chi connectivity index (χ1) is 15.6. The van der Waals surface area contributed by atoms with E-state index in [1.54, 1.807) is 25.2 Å². The lowest BCUT2D eigenvalue weighted by molar-refractivity contribution is -0.137. The van der Waals surface area contributed by atoms with Gasteiger partial charge in [0.25, 0.3) is 5.56 Å². The van der Waals surface area contributed by atoms with E-state index in [1.807, 2.05) is 0 Å². The smallest absolute Gasteiger partial charge is 0.416 e. The largest absolute Gasteiger partial charge is 0.457 e. The molecule has 0 saturated carbocycles. The lowest BCUT2D eigenvalue weighted by Gasteiger charge is -2.22. The zero-order valence-corrected chi connectivity index (χ0v) is 17.2. The minimum atomic E-state index is -4.56. The highest BCUT2D eigenvalue weighted by atomic mass is 19.4. The number of ether oxygens (including phenoxy) is 1. The highest BCUT2D eigenvalue weighted by Crippen LogP contribution is 2.34. The molecule has 1 heterocycles. The molecule has 0 aliphatic heterocycles. The van der Waals surface area contributed by atoms with Crippen molar-refractivity contribution in [1.29, 1.82) is 0 Å². The summed E-state index contributed by atoms with van der Waals surface area (Å²) in [7, 11) is 1.59. The lowest BCUT2D eigenvalue weighted by Crippen LogP contribution is -2.31. The summed E-state index contributed by atoms with van der Waals surface area (Å²) >= 11 is 0. The summed E-state index contributed by atoms with van der Waals surface area (Å²) in [6, 6.07) is 14.3. The van der Waals surface area contributed by atoms with Gasteiger partial charge < -0.3 is 15.0 Å². The third-order valence-electron chi connectivity index (χ3n) is 4.87. The van der Waals surface area contributed by atoms with E-state index in [9.17, 15) is 22.8 Å². The Kier molecular flexibility index (Phi) is 5.50. The number of aryl methyl sites for hydroxylation is 1. The van der Waals surface area contributed by atoms with Crippen LogP contribution in [0.2, 0.25) is 0 Å². The van der Waals surface area contributed by atoms with E-state index in [2.05, 4.69) is 4.98 Å². The molecule has 0 atom stereocenters. The van der Waals surface area contributed by atoms with Crippen molar-refractivity contribution in [3.05, 3.63) is 89.0 Å². The second kappa shape index (κ2) is 8.30. The third-order valence-corrected chi connectivity index (χ3v) is 4.87. The molecule has 2 N–H and O–H groups in total. The van der Waals surface area contributed by atoms with E-state index in [4.69, 9.17) is 10.5 Å². The van der Waals surface area contributed by atoms with Crippen molar-refractivity contribution in [3.8, 4) is 11.5 Å². The molecule has 4 rings (SSSR count). The minimum absolute atomic E-state index is 0.0242. The Labute approximate surface area is 185 Å². The van der Waals surface area contributed by atoms with Gasteiger partial charge in [0.1, 0.15) is 11.5 Å². The summed E-state index contributed by atoms with van der Waals surface area (Å²) in [6.45, 7) is 0. The predicted molar refractivity (Wildman–Crippen MR) is 117 cm³/mol. The molecule has 1 aromatic heterocycles. The molecule has 7 nitrogen and oxygen atoms in total. The van der Waals surface area contributed by atoms with Crippen molar-refractivity contribution >= 4 is 28.3 Å². The van der Waals surface area contributed by atoms with Gasteiger partial charge in [0, 0.05) is 7.05 Å². The van der Waals surface area contributed by atoms with Crippen molar-refractivity contribution in [2.75, 3.05) is 4.90 Å². The highest BCUT2D eigenvalue weighted by molar-refractivity contribution is 5.98. The third kappa shape index (κ3) is 4.49. The topological polar surface area (TPSA) is 90.4 Å². The maximum atomic E-state index is 13.1. The Bertz CT molecular complexity index is 1400. The number of urea groups is 1. The van der Waals surface area contributed by atoms with Crippen LogP contribution < -0.4 is 20.9 Å². The summed E-state index contributed by atoms with van der Waals surface area (Å²) in [4.78, 5) is 29.4. The average Bonchev–Trinajstić information content (AvgIpc) is 2.77. The summed E-state index contributed by atoms with van der Waals surface area (Å²) < 4.78 is 46.3. The van der Waals surface area contributed by atoms with Gasteiger partial charge in [-0.05, 0) is 60.7 Å². The number of halogens is 3. The Morgan fingerprint density at radius 2 is 1.70 bits per heavy atom. The molecule has 0 aliphatic rings. The molecule has 33 heavy (non-hydrogen) atoms. The monoisotopic (exact) mass is 454 g/mol. The SMILES string of the molecule is Cn1cnc2ccc(Oc3ccc(N(C(N)=O)c4cccc(C(F)(F)F)c4)cc3)cc2c1=O. The standard InChI is InChI=1S/C23H17F3N4O3/c1-29-13-28-20-10-9-18(12-19(20)21(29)31)33-17-7-5-15(6-8-17)30(22(27)32)16-4-2-3-14(11-16)23(24,25)26/h2-13H,1H3,(H2,27,32). The van der Waals surface area contributed by atoms with E-state index >= 15 is 0 Å². The van der Waals surface area contributed by atoms with Crippen LogP contribution in [0.25, 0.3) is 10.9 Å². The number of benzene rings is 3. The normalized spacial score (nSPS) is 11.4. The number of primary amides is 1. The maximum Gasteiger partial charge on any atom is 0.416 e. The number of aromatic nitrogens is 2. The minimum Gasteiger partial charge on any atom is -0.457 e. The number of rotatable bonds is 4. The molecule has 168 valence electrons. The van der Waals surface area contributed by atoms with E-state index in [0.717, 1.165) is 17.0 Å². The van der Waals surface area contributed by atoms with Crippen molar-refractivity contribution in [2.45, 2.75) is 6.18 Å². The van der Waals surface area contributed by atoms with Crippen LogP contribution in [0.1, 0.15) is 5.56 Å². The molecule has 0 radical (unpaired) electrons. The van der Waals surface area contributed by atoms with E-state index in [-0.39, 0.29) is 16.9 Å². The number of amides is 2. The van der Waals surface area contributed by atoms with Gasteiger partial charge in [0.05, 0.1) is 34.2 Å². The first-order valence-corrected chi connectivity index (χ1v) is 9.63. The zero-order chi connectivity index (χ0) is 23.8. The van der Waals surface area contributed by atoms with Gasteiger partial charge in [-0.25, -0.2) is 9.78 Å². The van der Waals surface area contributed by atoms with E-state index in [1.165, 1.54) is 47.3 Å². The van der Waals surface area contributed by atoms with Crippen LogP contribution in [-0.2, 0) is 13.2 Å². The Hall–Kier alpha value is -4.34. The zero-order valence-electron chi connectivity index (χ0n) is 17.2. The number of carbonyl (C=O) groups excluding carboxylic acids is 1. The number of alkyl halides is 3.